The smallest absolute Gasteiger partial charge is 0.264 e. The van der Waals surface area contributed by atoms with Gasteiger partial charge in [-0.05, 0) is 79.1 Å². The molecule has 2 amide bonds. The Bertz CT molecular complexity index is 1410. The van der Waals surface area contributed by atoms with E-state index in [1.54, 1.807) is 54.6 Å². The van der Waals surface area contributed by atoms with Crippen molar-refractivity contribution in [1.29, 1.82) is 0 Å². The summed E-state index contributed by atoms with van der Waals surface area (Å²) in [7, 11) is -4.03. The highest BCUT2D eigenvalue weighted by Crippen LogP contribution is 2.25. The number of carbonyl (C=O) groups excluding carboxylic acids is 2. The van der Waals surface area contributed by atoms with Gasteiger partial charge in [-0.3, -0.25) is 13.9 Å². The van der Waals surface area contributed by atoms with Gasteiger partial charge in [0, 0.05) is 18.2 Å². The van der Waals surface area contributed by atoms with Crippen molar-refractivity contribution in [2.75, 3.05) is 30.6 Å². The van der Waals surface area contributed by atoms with E-state index in [1.807, 2.05) is 0 Å². The number of hydrazone groups is 1. The van der Waals surface area contributed by atoms with Gasteiger partial charge in [0.25, 0.3) is 21.8 Å². The van der Waals surface area contributed by atoms with Crippen LogP contribution in [0.1, 0.15) is 18.4 Å². The van der Waals surface area contributed by atoms with Crippen molar-refractivity contribution < 1.29 is 27.5 Å². The normalized spacial score (nSPS) is 15.1. The standard InChI is InChI=1S/C28H29ClN4O6S/c29-22-10-12-23(13-11-22)33(40(36,37)26-6-2-1-3-7-26)19-27(34)32-31-17-21-8-14-24(15-9-21)39-20-28(35)30-18-25-5-4-16-38-25/h1-3,6-15,17,25H,4-5,16,18-20H2,(H,30,35)(H,32,34)/b31-17-/t25-/m1/s1. The number of rotatable bonds is 12. The average Bonchev–Trinajstić information content (AvgIpc) is 3.49. The van der Waals surface area contributed by atoms with Crippen molar-refractivity contribution in [3.63, 3.8) is 0 Å². The molecular formula is C28H29ClN4O6S. The van der Waals surface area contributed by atoms with Gasteiger partial charge in [-0.2, -0.15) is 5.10 Å². The Morgan fingerprint density at radius 2 is 1.75 bits per heavy atom. The number of sulfonamides is 1. The first-order chi connectivity index (χ1) is 19.3. The molecule has 1 aliphatic heterocycles. The molecule has 0 aromatic heterocycles. The Kier molecular flexibility index (Phi) is 10.1. The van der Waals surface area contributed by atoms with Crippen molar-refractivity contribution >= 4 is 45.3 Å². The molecule has 0 aliphatic carbocycles. The highest BCUT2D eigenvalue weighted by molar-refractivity contribution is 7.92. The lowest BCUT2D eigenvalue weighted by atomic mass is 10.2. The molecule has 0 spiro atoms. The van der Waals surface area contributed by atoms with E-state index in [1.165, 1.54) is 30.5 Å². The zero-order valence-electron chi connectivity index (χ0n) is 21.5. The van der Waals surface area contributed by atoms with E-state index in [9.17, 15) is 18.0 Å². The lowest BCUT2D eigenvalue weighted by molar-refractivity contribution is -0.123. The van der Waals surface area contributed by atoms with Crippen LogP contribution < -0.4 is 19.8 Å². The summed E-state index contributed by atoms with van der Waals surface area (Å²) in [6, 6.07) is 20.7. The maximum absolute atomic E-state index is 13.3. The van der Waals surface area contributed by atoms with E-state index in [0.717, 1.165) is 23.8 Å². The molecule has 12 heteroatoms. The third kappa shape index (κ3) is 8.28. The van der Waals surface area contributed by atoms with Gasteiger partial charge >= 0.3 is 0 Å². The second-order valence-corrected chi connectivity index (χ2v) is 11.2. The monoisotopic (exact) mass is 584 g/mol. The van der Waals surface area contributed by atoms with Crippen molar-refractivity contribution in [2.45, 2.75) is 23.8 Å². The van der Waals surface area contributed by atoms with Crippen LogP contribution >= 0.6 is 11.6 Å². The molecule has 1 fully saturated rings. The number of hydrogen-bond donors (Lipinski definition) is 2. The largest absolute Gasteiger partial charge is 0.484 e. The summed E-state index contributed by atoms with van der Waals surface area (Å²) in [5.74, 6) is -0.372. The van der Waals surface area contributed by atoms with Gasteiger partial charge in [0.15, 0.2) is 6.61 Å². The number of anilines is 1. The molecule has 10 nitrogen and oxygen atoms in total. The van der Waals surface area contributed by atoms with E-state index >= 15 is 0 Å². The molecule has 210 valence electrons. The number of halogens is 1. The van der Waals surface area contributed by atoms with Crippen LogP contribution in [-0.2, 0) is 24.3 Å². The zero-order chi connectivity index (χ0) is 28.4. The number of ether oxygens (including phenoxy) is 2. The van der Waals surface area contributed by atoms with E-state index in [4.69, 9.17) is 21.1 Å². The molecule has 2 N–H and O–H groups in total. The molecule has 0 bridgehead atoms. The summed E-state index contributed by atoms with van der Waals surface area (Å²) < 4.78 is 38.6. The highest BCUT2D eigenvalue weighted by Gasteiger charge is 2.27. The van der Waals surface area contributed by atoms with Gasteiger partial charge in [-0.1, -0.05) is 29.8 Å². The summed E-state index contributed by atoms with van der Waals surface area (Å²) >= 11 is 5.96. The van der Waals surface area contributed by atoms with Crippen LogP contribution in [0.5, 0.6) is 5.75 Å². The molecule has 1 aliphatic rings. The maximum atomic E-state index is 13.3. The summed E-state index contributed by atoms with van der Waals surface area (Å²) in [5, 5.41) is 7.17. The third-order valence-electron chi connectivity index (χ3n) is 5.94. The topological polar surface area (TPSA) is 126 Å². The summed E-state index contributed by atoms with van der Waals surface area (Å²) in [5.41, 5.74) is 3.30. The first kappa shape index (κ1) is 29.1. The van der Waals surface area contributed by atoms with Gasteiger partial charge in [-0.25, -0.2) is 13.8 Å². The minimum atomic E-state index is -4.03. The van der Waals surface area contributed by atoms with Crippen LogP contribution in [-0.4, -0.2) is 58.9 Å². The molecular weight excluding hydrogens is 556 g/mol. The van der Waals surface area contributed by atoms with Crippen molar-refractivity contribution in [2.24, 2.45) is 5.10 Å². The molecule has 4 rings (SSSR count). The molecule has 0 unspecified atom stereocenters. The lowest BCUT2D eigenvalue weighted by Gasteiger charge is -2.23. The van der Waals surface area contributed by atoms with Gasteiger partial charge in [-0.15, -0.1) is 0 Å². The van der Waals surface area contributed by atoms with E-state index in [2.05, 4.69) is 15.8 Å². The van der Waals surface area contributed by atoms with Gasteiger partial charge in [0.1, 0.15) is 12.3 Å². The fraction of sp³-hybridized carbons (Fsp3) is 0.250. The SMILES string of the molecule is O=C(COc1ccc(/C=N\NC(=O)CN(c2ccc(Cl)cc2)S(=O)(=O)c2ccccc2)cc1)NC[C@H]1CCCO1. The molecule has 1 atom stereocenters. The first-order valence-corrected chi connectivity index (χ1v) is 14.4. The van der Waals surface area contributed by atoms with Crippen LogP contribution in [0.3, 0.4) is 0 Å². The lowest BCUT2D eigenvalue weighted by Crippen LogP contribution is -2.39. The Hall–Kier alpha value is -3.93. The third-order valence-corrected chi connectivity index (χ3v) is 7.98. The predicted molar refractivity (Wildman–Crippen MR) is 152 cm³/mol. The fourth-order valence-corrected chi connectivity index (χ4v) is 5.44. The van der Waals surface area contributed by atoms with Gasteiger partial charge < -0.3 is 14.8 Å². The first-order valence-electron chi connectivity index (χ1n) is 12.6. The zero-order valence-corrected chi connectivity index (χ0v) is 23.1. The van der Waals surface area contributed by atoms with Crippen LogP contribution in [0.4, 0.5) is 5.69 Å². The Morgan fingerprint density at radius 1 is 1.02 bits per heavy atom. The fourth-order valence-electron chi connectivity index (χ4n) is 3.87. The predicted octanol–water partition coefficient (Wildman–Crippen LogP) is 3.36. The highest BCUT2D eigenvalue weighted by atomic mass is 35.5. The maximum Gasteiger partial charge on any atom is 0.264 e. The van der Waals surface area contributed by atoms with Crippen LogP contribution in [0.15, 0.2) is 88.9 Å². The molecule has 3 aromatic rings. The van der Waals surface area contributed by atoms with Gasteiger partial charge in [0.2, 0.25) is 0 Å². The summed E-state index contributed by atoms with van der Waals surface area (Å²) in [4.78, 5) is 24.7. The molecule has 40 heavy (non-hydrogen) atoms. The second kappa shape index (κ2) is 13.9. The van der Waals surface area contributed by atoms with Crippen molar-refractivity contribution in [3.05, 3.63) is 89.4 Å². The Labute approximate surface area is 238 Å². The summed E-state index contributed by atoms with van der Waals surface area (Å²) in [6.07, 6.45) is 3.43. The van der Waals surface area contributed by atoms with Gasteiger partial charge in [0.05, 0.1) is 22.9 Å². The number of nitrogens with zero attached hydrogens (tertiary/aromatic N) is 2. The van der Waals surface area contributed by atoms with E-state index in [0.29, 0.717) is 22.9 Å². The number of benzene rings is 3. The average molecular weight is 585 g/mol. The molecule has 0 radical (unpaired) electrons. The molecule has 3 aromatic carbocycles. The van der Waals surface area contributed by atoms with E-state index in [-0.39, 0.29) is 29.2 Å². The second-order valence-electron chi connectivity index (χ2n) is 8.89. The number of hydrogen-bond acceptors (Lipinski definition) is 7. The van der Waals surface area contributed by atoms with Crippen molar-refractivity contribution in [1.82, 2.24) is 10.7 Å². The Balaban J connectivity index is 1.31. The molecule has 0 saturated carbocycles. The van der Waals surface area contributed by atoms with Crippen molar-refractivity contribution in [3.8, 4) is 5.75 Å². The van der Waals surface area contributed by atoms with Crippen LogP contribution in [0.25, 0.3) is 0 Å². The molecule has 1 saturated heterocycles. The van der Waals surface area contributed by atoms with Crippen LogP contribution in [0.2, 0.25) is 5.02 Å². The minimum Gasteiger partial charge on any atom is -0.484 e. The van der Waals surface area contributed by atoms with Crippen LogP contribution in [0, 0.1) is 0 Å². The quantitative estimate of drug-likeness (QED) is 0.248. The number of carbonyl (C=O) groups is 2. The summed E-state index contributed by atoms with van der Waals surface area (Å²) in [6.45, 7) is 0.581. The minimum absolute atomic E-state index is 0.0453. The Morgan fingerprint density at radius 3 is 2.42 bits per heavy atom. The molecule has 1 heterocycles. The van der Waals surface area contributed by atoms with E-state index < -0.39 is 22.5 Å². The number of nitrogens with one attached hydrogen (secondary N) is 2. The number of amides is 2.